The number of halogens is 1. The molecule has 4 nitrogen and oxygen atoms in total. The first-order valence-electron chi connectivity index (χ1n) is 4.20. The number of carbonyl (C=O) groups excluding carboxylic acids is 1. The number of nitrogens with two attached hydrogens (primary N) is 1. The molecule has 0 aliphatic heterocycles. The van der Waals surface area contributed by atoms with E-state index in [1.165, 1.54) is 6.26 Å². The highest BCUT2D eigenvalue weighted by molar-refractivity contribution is 9.10. The number of hydrogen-bond donors (Lipinski definition) is 2. The van der Waals surface area contributed by atoms with Crippen molar-refractivity contribution in [1.29, 1.82) is 0 Å². The molecule has 0 atom stereocenters. The fourth-order valence-electron chi connectivity index (χ4n) is 0.844. The van der Waals surface area contributed by atoms with Crippen molar-refractivity contribution in [2.45, 2.75) is 19.4 Å². The van der Waals surface area contributed by atoms with E-state index in [0.717, 1.165) is 0 Å². The lowest BCUT2D eigenvalue weighted by Crippen LogP contribution is -2.45. The van der Waals surface area contributed by atoms with Gasteiger partial charge in [-0.3, -0.25) is 4.79 Å². The Morgan fingerprint density at radius 3 is 2.79 bits per heavy atom. The fraction of sp³-hybridized carbons (Fsp3) is 0.444. The second-order valence-electron chi connectivity index (χ2n) is 3.77. The van der Waals surface area contributed by atoms with E-state index in [0.29, 0.717) is 11.0 Å². The first-order chi connectivity index (χ1) is 6.40. The lowest BCUT2D eigenvalue weighted by atomic mass is 10.1. The van der Waals surface area contributed by atoms with Crippen LogP contribution < -0.4 is 11.1 Å². The Balaban J connectivity index is 2.56. The molecule has 0 radical (unpaired) electrons. The minimum atomic E-state index is -0.422. The molecule has 0 fully saturated rings. The molecule has 0 aliphatic rings. The first-order valence-corrected chi connectivity index (χ1v) is 4.99. The normalized spacial score (nSPS) is 11.4. The van der Waals surface area contributed by atoms with Crippen molar-refractivity contribution in [3.8, 4) is 0 Å². The molecule has 1 rings (SSSR count). The van der Waals surface area contributed by atoms with Crippen LogP contribution in [0.5, 0.6) is 0 Å². The van der Waals surface area contributed by atoms with E-state index in [9.17, 15) is 4.79 Å². The smallest absolute Gasteiger partial charge is 0.288 e. The van der Waals surface area contributed by atoms with Gasteiger partial charge in [0, 0.05) is 12.1 Å². The van der Waals surface area contributed by atoms with Gasteiger partial charge in [-0.15, -0.1) is 0 Å². The van der Waals surface area contributed by atoms with Gasteiger partial charge in [-0.05, 0) is 35.8 Å². The highest BCUT2D eigenvalue weighted by atomic mass is 79.9. The average Bonchev–Trinajstić information content (AvgIpc) is 2.46. The largest absolute Gasteiger partial charge is 0.458 e. The molecular weight excluding hydrogens is 248 g/mol. The van der Waals surface area contributed by atoms with Gasteiger partial charge in [0.25, 0.3) is 5.91 Å². The summed E-state index contributed by atoms with van der Waals surface area (Å²) < 4.78 is 5.63. The fourth-order valence-corrected chi connectivity index (χ4v) is 1.23. The van der Waals surface area contributed by atoms with Crippen LogP contribution >= 0.6 is 15.9 Å². The van der Waals surface area contributed by atoms with Crippen molar-refractivity contribution in [2.24, 2.45) is 5.73 Å². The van der Waals surface area contributed by atoms with Crippen LogP contribution in [0.15, 0.2) is 21.2 Å². The van der Waals surface area contributed by atoms with Gasteiger partial charge in [-0.25, -0.2) is 0 Å². The molecule has 0 spiro atoms. The van der Waals surface area contributed by atoms with Crippen molar-refractivity contribution in [3.05, 3.63) is 22.6 Å². The number of carbonyl (C=O) groups is 1. The predicted octanol–water partition coefficient (Wildman–Crippen LogP) is 1.51. The number of nitrogens with one attached hydrogen (secondary N) is 1. The number of rotatable bonds is 3. The Morgan fingerprint density at radius 1 is 1.71 bits per heavy atom. The second-order valence-corrected chi connectivity index (χ2v) is 4.62. The zero-order valence-electron chi connectivity index (χ0n) is 8.13. The molecule has 1 amide bonds. The predicted molar refractivity (Wildman–Crippen MR) is 57.0 cm³/mol. The molecule has 14 heavy (non-hydrogen) atoms. The first kappa shape index (κ1) is 11.3. The average molecular weight is 261 g/mol. The third kappa shape index (κ3) is 3.16. The third-order valence-electron chi connectivity index (χ3n) is 1.53. The third-order valence-corrected chi connectivity index (χ3v) is 2.15. The monoisotopic (exact) mass is 260 g/mol. The van der Waals surface area contributed by atoms with E-state index >= 15 is 0 Å². The topological polar surface area (TPSA) is 68.3 Å². The summed E-state index contributed by atoms with van der Waals surface area (Å²) in [6.45, 7) is 4.08. The van der Waals surface area contributed by atoms with Gasteiger partial charge >= 0.3 is 0 Å². The van der Waals surface area contributed by atoms with Crippen molar-refractivity contribution >= 4 is 21.8 Å². The molecule has 1 heterocycles. The van der Waals surface area contributed by atoms with Crippen LogP contribution in [-0.4, -0.2) is 18.0 Å². The molecule has 1 aromatic rings. The summed E-state index contributed by atoms with van der Waals surface area (Å²) in [6.07, 6.45) is 1.45. The van der Waals surface area contributed by atoms with Crippen molar-refractivity contribution in [1.82, 2.24) is 5.32 Å². The van der Waals surface area contributed by atoms with Crippen molar-refractivity contribution < 1.29 is 9.21 Å². The zero-order valence-corrected chi connectivity index (χ0v) is 9.72. The Bertz CT molecular complexity index is 328. The van der Waals surface area contributed by atoms with Crippen LogP contribution in [0.4, 0.5) is 0 Å². The van der Waals surface area contributed by atoms with Crippen molar-refractivity contribution in [2.75, 3.05) is 6.54 Å². The standard InChI is InChI=1S/C9H13BrN2O2/c1-9(2,11)5-12-8(13)7-6(10)3-4-14-7/h3-4H,5,11H2,1-2H3,(H,12,13). The summed E-state index contributed by atoms with van der Waals surface area (Å²) in [5, 5.41) is 2.68. The van der Waals surface area contributed by atoms with E-state index in [1.807, 2.05) is 13.8 Å². The Kier molecular flexibility index (Phi) is 3.34. The Labute approximate surface area is 91.0 Å². The number of hydrogen-bond acceptors (Lipinski definition) is 3. The Hall–Kier alpha value is -0.810. The van der Waals surface area contributed by atoms with Gasteiger partial charge in [-0.2, -0.15) is 0 Å². The van der Waals surface area contributed by atoms with Gasteiger partial charge in [0.15, 0.2) is 0 Å². The summed E-state index contributed by atoms with van der Waals surface area (Å²) in [5.41, 5.74) is 5.30. The summed E-state index contributed by atoms with van der Waals surface area (Å²) in [7, 11) is 0. The van der Waals surface area contributed by atoms with E-state index in [-0.39, 0.29) is 11.7 Å². The summed E-state index contributed by atoms with van der Waals surface area (Å²) >= 11 is 3.20. The van der Waals surface area contributed by atoms with Crippen LogP contribution in [0.1, 0.15) is 24.4 Å². The van der Waals surface area contributed by atoms with Gasteiger partial charge in [-0.1, -0.05) is 0 Å². The zero-order chi connectivity index (χ0) is 10.8. The van der Waals surface area contributed by atoms with Gasteiger partial charge in [0.2, 0.25) is 5.76 Å². The molecule has 0 aromatic carbocycles. The molecule has 0 saturated heterocycles. The van der Waals surface area contributed by atoms with Gasteiger partial charge in [0.1, 0.15) is 0 Å². The molecule has 1 aromatic heterocycles. The molecule has 0 aliphatic carbocycles. The highest BCUT2D eigenvalue weighted by Gasteiger charge is 2.17. The van der Waals surface area contributed by atoms with E-state index in [2.05, 4.69) is 21.2 Å². The SMILES string of the molecule is CC(C)(N)CNC(=O)c1occc1Br. The molecule has 3 N–H and O–H groups in total. The van der Waals surface area contributed by atoms with Gasteiger partial charge in [0.05, 0.1) is 10.7 Å². The molecule has 0 unspecified atom stereocenters. The Morgan fingerprint density at radius 2 is 2.36 bits per heavy atom. The van der Waals surface area contributed by atoms with E-state index < -0.39 is 5.54 Å². The molecule has 0 saturated carbocycles. The lowest BCUT2D eigenvalue weighted by Gasteiger charge is -2.18. The van der Waals surface area contributed by atoms with Crippen LogP contribution in [-0.2, 0) is 0 Å². The maximum atomic E-state index is 11.5. The number of furan rings is 1. The minimum Gasteiger partial charge on any atom is -0.458 e. The summed E-state index contributed by atoms with van der Waals surface area (Å²) in [5.74, 6) is 0.00894. The number of amides is 1. The maximum absolute atomic E-state index is 11.5. The second kappa shape index (κ2) is 4.14. The lowest BCUT2D eigenvalue weighted by molar-refractivity contribution is 0.0917. The van der Waals surface area contributed by atoms with E-state index in [1.54, 1.807) is 6.07 Å². The van der Waals surface area contributed by atoms with Gasteiger partial charge < -0.3 is 15.5 Å². The molecule has 78 valence electrons. The van der Waals surface area contributed by atoms with Crippen LogP contribution in [0, 0.1) is 0 Å². The molecule has 5 heteroatoms. The maximum Gasteiger partial charge on any atom is 0.288 e. The summed E-state index contributed by atoms with van der Waals surface area (Å²) in [6, 6.07) is 1.67. The van der Waals surface area contributed by atoms with Crippen LogP contribution in [0.3, 0.4) is 0 Å². The van der Waals surface area contributed by atoms with E-state index in [4.69, 9.17) is 10.2 Å². The quantitative estimate of drug-likeness (QED) is 0.866. The highest BCUT2D eigenvalue weighted by Crippen LogP contribution is 2.17. The molecular formula is C9H13BrN2O2. The summed E-state index contributed by atoms with van der Waals surface area (Å²) in [4.78, 5) is 11.5. The van der Waals surface area contributed by atoms with Crippen LogP contribution in [0.25, 0.3) is 0 Å². The van der Waals surface area contributed by atoms with Crippen molar-refractivity contribution in [3.63, 3.8) is 0 Å². The molecule has 0 bridgehead atoms. The minimum absolute atomic E-state index is 0.264. The van der Waals surface area contributed by atoms with Crippen LogP contribution in [0.2, 0.25) is 0 Å².